The van der Waals surface area contributed by atoms with Gasteiger partial charge in [0.25, 0.3) is 5.91 Å². The van der Waals surface area contributed by atoms with Crippen LogP contribution < -0.4 is 15.0 Å². The van der Waals surface area contributed by atoms with Crippen molar-refractivity contribution in [1.82, 2.24) is 0 Å². The van der Waals surface area contributed by atoms with Gasteiger partial charge in [-0.2, -0.15) is 0 Å². The van der Waals surface area contributed by atoms with Crippen LogP contribution in [-0.2, 0) is 16.0 Å². The second-order valence-electron chi connectivity index (χ2n) is 8.63. The molecule has 160 valence electrons. The lowest BCUT2D eigenvalue weighted by Gasteiger charge is -2.30. The van der Waals surface area contributed by atoms with Gasteiger partial charge in [0.2, 0.25) is 5.91 Å². The van der Waals surface area contributed by atoms with Gasteiger partial charge < -0.3 is 15.0 Å². The highest BCUT2D eigenvalue weighted by Gasteiger charge is 2.24. The molecule has 0 saturated heterocycles. The Morgan fingerprint density at radius 2 is 1.80 bits per heavy atom. The van der Waals surface area contributed by atoms with E-state index in [0.29, 0.717) is 30.4 Å². The van der Waals surface area contributed by atoms with Crippen LogP contribution in [0.3, 0.4) is 0 Å². The lowest BCUT2D eigenvalue weighted by Crippen LogP contribution is -2.36. The first-order valence-corrected chi connectivity index (χ1v) is 10.8. The third-order valence-corrected chi connectivity index (χ3v) is 5.41. The number of hydrogen-bond acceptors (Lipinski definition) is 3. The molecule has 2 aromatic carbocycles. The van der Waals surface area contributed by atoms with E-state index in [1.54, 1.807) is 0 Å². The fourth-order valence-electron chi connectivity index (χ4n) is 3.57. The maximum Gasteiger partial charge on any atom is 0.262 e. The monoisotopic (exact) mass is 408 g/mol. The Kier molecular flexibility index (Phi) is 7.14. The molecule has 5 heteroatoms. The maximum absolute atomic E-state index is 12.4. The summed E-state index contributed by atoms with van der Waals surface area (Å²) in [7, 11) is 0. The predicted octanol–water partition coefficient (Wildman–Crippen LogP) is 5.15. The van der Waals surface area contributed by atoms with Crippen LogP contribution in [0.2, 0.25) is 0 Å². The van der Waals surface area contributed by atoms with Crippen LogP contribution in [0.25, 0.3) is 0 Å². The molecule has 0 unspecified atom stereocenters. The minimum Gasteiger partial charge on any atom is -0.484 e. The van der Waals surface area contributed by atoms with Crippen LogP contribution in [0.5, 0.6) is 5.75 Å². The molecule has 0 aliphatic carbocycles. The largest absolute Gasteiger partial charge is 0.484 e. The highest BCUT2D eigenvalue weighted by atomic mass is 16.5. The van der Waals surface area contributed by atoms with Gasteiger partial charge in [0, 0.05) is 24.3 Å². The van der Waals surface area contributed by atoms with E-state index in [1.165, 1.54) is 5.56 Å². The molecule has 5 nitrogen and oxygen atoms in total. The van der Waals surface area contributed by atoms with Gasteiger partial charge in [-0.15, -0.1) is 0 Å². The third kappa shape index (κ3) is 5.62. The molecule has 1 heterocycles. The maximum atomic E-state index is 12.4. The summed E-state index contributed by atoms with van der Waals surface area (Å²) in [4.78, 5) is 26.6. The highest BCUT2D eigenvalue weighted by molar-refractivity contribution is 5.97. The van der Waals surface area contributed by atoms with Crippen molar-refractivity contribution in [3.63, 3.8) is 0 Å². The molecule has 30 heavy (non-hydrogen) atoms. The number of benzene rings is 2. The molecule has 0 atom stereocenters. The van der Waals surface area contributed by atoms with Gasteiger partial charge in [-0.05, 0) is 66.1 Å². The van der Waals surface area contributed by atoms with E-state index in [1.807, 2.05) is 47.4 Å². The van der Waals surface area contributed by atoms with Crippen molar-refractivity contribution in [2.45, 2.75) is 52.9 Å². The molecule has 0 bridgehead atoms. The van der Waals surface area contributed by atoms with Crippen molar-refractivity contribution < 1.29 is 14.3 Å². The summed E-state index contributed by atoms with van der Waals surface area (Å²) >= 11 is 0. The first kappa shape index (κ1) is 21.9. The fraction of sp³-hybridized carbons (Fsp3) is 0.440. The summed E-state index contributed by atoms with van der Waals surface area (Å²) in [5.41, 5.74) is 4.03. The van der Waals surface area contributed by atoms with E-state index in [2.05, 4.69) is 33.0 Å². The smallest absolute Gasteiger partial charge is 0.262 e. The molecule has 2 amide bonds. The number of aryl methyl sites for hydroxylation is 1. The molecular formula is C25H32N2O3. The number of carbonyl (C=O) groups is 2. The second-order valence-corrected chi connectivity index (χ2v) is 8.63. The highest BCUT2D eigenvalue weighted by Crippen LogP contribution is 2.31. The Balaban J connectivity index is 1.59. The third-order valence-electron chi connectivity index (χ3n) is 5.41. The Hall–Kier alpha value is -2.82. The van der Waals surface area contributed by atoms with Gasteiger partial charge in [-0.3, -0.25) is 9.59 Å². The van der Waals surface area contributed by atoms with Crippen molar-refractivity contribution in [2.75, 3.05) is 23.4 Å². The van der Waals surface area contributed by atoms with Crippen LogP contribution in [-0.4, -0.2) is 25.0 Å². The predicted molar refractivity (Wildman–Crippen MR) is 121 cm³/mol. The number of hydrogen-bond donors (Lipinski definition) is 1. The van der Waals surface area contributed by atoms with Gasteiger partial charge >= 0.3 is 0 Å². The van der Waals surface area contributed by atoms with E-state index in [0.717, 1.165) is 29.9 Å². The second kappa shape index (κ2) is 9.79. The van der Waals surface area contributed by atoms with E-state index in [9.17, 15) is 9.59 Å². The number of rotatable bonds is 8. The number of nitrogens with one attached hydrogen (secondary N) is 1. The summed E-state index contributed by atoms with van der Waals surface area (Å²) in [5.74, 6) is 1.66. The molecule has 1 N–H and O–H groups in total. The normalized spacial score (nSPS) is 13.5. The summed E-state index contributed by atoms with van der Waals surface area (Å²) in [6, 6.07) is 13.6. The van der Waals surface area contributed by atoms with Crippen molar-refractivity contribution in [3.05, 3.63) is 53.6 Å². The average molecular weight is 409 g/mol. The van der Waals surface area contributed by atoms with Gasteiger partial charge in [0.1, 0.15) is 5.75 Å². The van der Waals surface area contributed by atoms with Crippen LogP contribution in [0.1, 0.15) is 57.6 Å². The molecule has 1 aliphatic heterocycles. The summed E-state index contributed by atoms with van der Waals surface area (Å²) in [6.45, 7) is 9.29. The van der Waals surface area contributed by atoms with Crippen molar-refractivity contribution in [2.24, 2.45) is 5.92 Å². The summed E-state index contributed by atoms with van der Waals surface area (Å²) in [6.07, 6.45) is 2.19. The molecule has 0 aromatic heterocycles. The fourth-order valence-corrected chi connectivity index (χ4v) is 3.57. The molecular weight excluding hydrogens is 376 g/mol. The van der Waals surface area contributed by atoms with Gasteiger partial charge in [-0.25, -0.2) is 0 Å². The molecule has 3 rings (SSSR count). The first-order chi connectivity index (χ1) is 14.3. The summed E-state index contributed by atoms with van der Waals surface area (Å²) in [5, 5.41) is 2.90. The number of ether oxygens (including phenoxy) is 1. The topological polar surface area (TPSA) is 58.6 Å². The zero-order valence-electron chi connectivity index (χ0n) is 18.4. The Morgan fingerprint density at radius 3 is 2.47 bits per heavy atom. The number of nitrogens with zero attached hydrogens (tertiary/aromatic N) is 1. The van der Waals surface area contributed by atoms with E-state index < -0.39 is 0 Å². The van der Waals surface area contributed by atoms with Crippen molar-refractivity contribution >= 4 is 23.2 Å². The van der Waals surface area contributed by atoms with Crippen LogP contribution in [0.15, 0.2) is 42.5 Å². The number of fused-ring (bicyclic) bond motifs is 1. The van der Waals surface area contributed by atoms with E-state index in [-0.39, 0.29) is 18.4 Å². The summed E-state index contributed by atoms with van der Waals surface area (Å²) < 4.78 is 5.61. The Morgan fingerprint density at radius 1 is 1.07 bits per heavy atom. The van der Waals surface area contributed by atoms with Gasteiger partial charge in [0.15, 0.2) is 6.61 Å². The zero-order chi connectivity index (χ0) is 21.7. The lowest BCUT2D eigenvalue weighted by molar-refractivity contribution is -0.119. The minimum absolute atomic E-state index is 0.0445. The molecule has 0 fully saturated rings. The van der Waals surface area contributed by atoms with Crippen molar-refractivity contribution in [3.8, 4) is 5.75 Å². The molecule has 2 aromatic rings. The quantitative estimate of drug-likeness (QED) is 0.657. The Labute approximate surface area is 179 Å². The molecule has 1 aliphatic rings. The number of carbonyl (C=O) groups excluding carboxylic acids is 2. The van der Waals surface area contributed by atoms with E-state index in [4.69, 9.17) is 4.74 Å². The van der Waals surface area contributed by atoms with Gasteiger partial charge in [-0.1, -0.05) is 39.8 Å². The number of anilines is 2. The molecule has 0 spiro atoms. The van der Waals surface area contributed by atoms with Crippen molar-refractivity contribution in [1.29, 1.82) is 0 Å². The van der Waals surface area contributed by atoms with Crippen LogP contribution >= 0.6 is 0 Å². The average Bonchev–Trinajstić information content (AvgIpc) is 2.71. The Bertz CT molecular complexity index is 888. The minimum atomic E-state index is -0.202. The van der Waals surface area contributed by atoms with Crippen LogP contribution in [0.4, 0.5) is 11.4 Å². The lowest BCUT2D eigenvalue weighted by atomic mass is 9.99. The molecule has 0 saturated carbocycles. The SMILES string of the molecule is CC(C)CCN1C(=O)CCc2cc(NC(=O)COc3ccc(C(C)C)cc3)ccc21. The first-order valence-electron chi connectivity index (χ1n) is 10.8. The number of amides is 2. The van der Waals surface area contributed by atoms with E-state index >= 15 is 0 Å². The van der Waals surface area contributed by atoms with Gasteiger partial charge in [0.05, 0.1) is 0 Å². The zero-order valence-corrected chi connectivity index (χ0v) is 18.4. The molecule has 0 radical (unpaired) electrons. The standard InChI is InChI=1S/C25H32N2O3/c1-17(2)13-14-27-23-11-8-21(15-20(23)7-12-25(27)29)26-24(28)16-30-22-9-5-19(6-10-22)18(3)4/h5-6,8-11,15,17-18H,7,12-14,16H2,1-4H3,(H,26,28). The van der Waals surface area contributed by atoms with Crippen LogP contribution in [0, 0.1) is 5.92 Å².